The SMILES string of the molecule is COC(=O)NOC(=O)N(C)C1CCCCC1.c1cc2cc-2c1. The number of carbonyl (C=O) groups excluding carboxylic acids is 2. The highest BCUT2D eigenvalue weighted by atomic mass is 16.7. The first-order valence-electron chi connectivity index (χ1n) is 7.50. The van der Waals surface area contributed by atoms with Gasteiger partial charge in [0.25, 0.3) is 0 Å². The number of nitrogens with zero attached hydrogens (tertiary/aromatic N) is 1. The molecule has 0 aromatic rings. The number of nitrogens with one attached hydrogen (secondary N) is 1. The normalized spacial score (nSPS) is 15.0. The standard InChI is InChI=1S/C10H18N2O4.C6H4/c1-12(8-6-4-3-5-7-8)10(14)16-11-9(13)15-2;1-2-5-4-6(5)3-1/h8H,3-7H2,1-2H3,(H,11,13);1-4H. The van der Waals surface area contributed by atoms with E-state index in [1.807, 2.05) is 5.48 Å². The Balaban J connectivity index is 0.000000238. The fourth-order valence-electron chi connectivity index (χ4n) is 2.49. The molecule has 0 heterocycles. The van der Waals surface area contributed by atoms with Crippen LogP contribution in [0.2, 0.25) is 0 Å². The third kappa shape index (κ3) is 4.65. The van der Waals surface area contributed by atoms with Gasteiger partial charge in [-0.25, -0.2) is 9.59 Å². The van der Waals surface area contributed by atoms with Crippen LogP contribution in [0.25, 0.3) is 11.1 Å². The summed E-state index contributed by atoms with van der Waals surface area (Å²) in [5.41, 5.74) is 4.75. The lowest BCUT2D eigenvalue weighted by Gasteiger charge is -2.29. The number of rotatable bonds is 1. The molecule has 1 saturated carbocycles. The average molecular weight is 306 g/mol. The van der Waals surface area contributed by atoms with Crippen molar-refractivity contribution in [3.63, 3.8) is 0 Å². The molecule has 120 valence electrons. The van der Waals surface area contributed by atoms with E-state index in [1.54, 1.807) is 7.05 Å². The van der Waals surface area contributed by atoms with Gasteiger partial charge in [0, 0.05) is 13.1 Å². The molecule has 22 heavy (non-hydrogen) atoms. The molecule has 3 rings (SSSR count). The maximum Gasteiger partial charge on any atom is 0.440 e. The summed E-state index contributed by atoms with van der Waals surface area (Å²) in [7, 11) is 2.88. The monoisotopic (exact) mass is 306 g/mol. The van der Waals surface area contributed by atoms with E-state index in [9.17, 15) is 9.59 Å². The van der Waals surface area contributed by atoms with Crippen molar-refractivity contribution in [3.8, 4) is 11.1 Å². The predicted molar refractivity (Wildman–Crippen MR) is 82.1 cm³/mol. The highest BCUT2D eigenvalue weighted by Gasteiger charge is 2.23. The predicted octanol–water partition coefficient (Wildman–Crippen LogP) is 3.33. The minimum absolute atomic E-state index is 0.209. The molecule has 0 saturated heterocycles. The number of ether oxygens (including phenoxy) is 1. The third-order valence-corrected chi connectivity index (χ3v) is 3.93. The lowest BCUT2D eigenvalue weighted by Crippen LogP contribution is -2.41. The van der Waals surface area contributed by atoms with Gasteiger partial charge in [0.15, 0.2) is 0 Å². The van der Waals surface area contributed by atoms with Crippen molar-refractivity contribution in [2.45, 2.75) is 38.1 Å². The Morgan fingerprint density at radius 2 is 1.82 bits per heavy atom. The smallest absolute Gasteiger partial charge is 0.440 e. The van der Waals surface area contributed by atoms with E-state index in [0.29, 0.717) is 0 Å². The van der Waals surface area contributed by atoms with Gasteiger partial charge in [-0.15, -0.1) is 5.48 Å². The van der Waals surface area contributed by atoms with Crippen LogP contribution in [0.1, 0.15) is 32.1 Å². The zero-order valence-corrected chi connectivity index (χ0v) is 13.0. The van der Waals surface area contributed by atoms with E-state index in [2.05, 4.69) is 33.8 Å². The Hall–Kier alpha value is -2.24. The number of fused-ring (bicyclic) bond motifs is 1. The molecule has 2 amide bonds. The van der Waals surface area contributed by atoms with Crippen molar-refractivity contribution >= 4 is 12.2 Å². The molecule has 1 fully saturated rings. The number of hydroxylamine groups is 1. The molecule has 0 unspecified atom stereocenters. The molecule has 0 aromatic carbocycles. The summed E-state index contributed by atoms with van der Waals surface area (Å²) in [6, 6.07) is 8.69. The van der Waals surface area contributed by atoms with Crippen molar-refractivity contribution in [2.24, 2.45) is 0 Å². The quantitative estimate of drug-likeness (QED) is 0.821. The van der Waals surface area contributed by atoms with Crippen LogP contribution in [-0.4, -0.2) is 37.3 Å². The minimum Gasteiger partial charge on any atom is -0.451 e. The Morgan fingerprint density at radius 1 is 1.18 bits per heavy atom. The van der Waals surface area contributed by atoms with Gasteiger partial charge in [-0.1, -0.05) is 37.5 Å². The largest absolute Gasteiger partial charge is 0.451 e. The lowest BCUT2D eigenvalue weighted by molar-refractivity contribution is 0.0415. The van der Waals surface area contributed by atoms with Crippen LogP contribution in [0, 0.1) is 0 Å². The maximum atomic E-state index is 11.5. The zero-order chi connectivity index (χ0) is 15.9. The van der Waals surface area contributed by atoms with E-state index in [4.69, 9.17) is 0 Å². The summed E-state index contributed by atoms with van der Waals surface area (Å²) < 4.78 is 4.28. The summed E-state index contributed by atoms with van der Waals surface area (Å²) in [6.07, 6.45) is 4.12. The molecule has 0 radical (unpaired) electrons. The summed E-state index contributed by atoms with van der Waals surface area (Å²) in [5, 5.41) is 0. The van der Waals surface area contributed by atoms with E-state index >= 15 is 0 Å². The lowest BCUT2D eigenvalue weighted by atomic mass is 9.95. The third-order valence-electron chi connectivity index (χ3n) is 3.93. The van der Waals surface area contributed by atoms with Gasteiger partial charge in [-0.2, -0.15) is 0 Å². The van der Waals surface area contributed by atoms with E-state index < -0.39 is 12.2 Å². The molecule has 3 aliphatic carbocycles. The highest BCUT2D eigenvalue weighted by molar-refractivity contribution is 5.80. The minimum atomic E-state index is -0.787. The maximum absolute atomic E-state index is 11.5. The second-order valence-electron chi connectivity index (χ2n) is 5.45. The Morgan fingerprint density at radius 3 is 2.27 bits per heavy atom. The summed E-state index contributed by atoms with van der Waals surface area (Å²) >= 11 is 0. The van der Waals surface area contributed by atoms with Crippen LogP contribution >= 0.6 is 0 Å². The molecular weight excluding hydrogens is 284 g/mol. The second-order valence-corrected chi connectivity index (χ2v) is 5.45. The highest BCUT2D eigenvalue weighted by Crippen LogP contribution is 2.32. The van der Waals surface area contributed by atoms with Gasteiger partial charge in [0.1, 0.15) is 0 Å². The first kappa shape index (κ1) is 16.1. The molecule has 0 bridgehead atoms. The van der Waals surface area contributed by atoms with Gasteiger partial charge in [0.2, 0.25) is 0 Å². The Kier molecular flexibility index (Phi) is 5.63. The summed E-state index contributed by atoms with van der Waals surface area (Å²) in [6.45, 7) is 0. The van der Waals surface area contributed by atoms with Gasteiger partial charge in [-0.3, -0.25) is 0 Å². The number of benzene rings is 1. The molecular formula is C16H22N2O4. The molecule has 3 aliphatic rings. The summed E-state index contributed by atoms with van der Waals surface area (Å²) in [5.74, 6) is 0. The zero-order valence-electron chi connectivity index (χ0n) is 13.0. The summed E-state index contributed by atoms with van der Waals surface area (Å²) in [4.78, 5) is 28.3. The van der Waals surface area contributed by atoms with E-state index in [-0.39, 0.29) is 6.04 Å². The van der Waals surface area contributed by atoms with Gasteiger partial charge >= 0.3 is 12.2 Å². The van der Waals surface area contributed by atoms with Crippen LogP contribution < -0.4 is 5.48 Å². The van der Waals surface area contributed by atoms with Gasteiger partial charge < -0.3 is 14.5 Å². The number of carbonyl (C=O) groups is 2. The molecule has 1 N–H and O–H groups in total. The molecule has 0 aromatic heterocycles. The molecule has 6 nitrogen and oxygen atoms in total. The van der Waals surface area contributed by atoms with Crippen LogP contribution in [0.4, 0.5) is 9.59 Å². The molecule has 0 spiro atoms. The molecule has 6 heteroatoms. The first-order valence-corrected chi connectivity index (χ1v) is 7.50. The second kappa shape index (κ2) is 7.68. The molecule has 0 atom stereocenters. The van der Waals surface area contributed by atoms with Crippen LogP contribution in [0.3, 0.4) is 0 Å². The van der Waals surface area contributed by atoms with Crippen molar-refractivity contribution in [2.75, 3.05) is 14.2 Å². The van der Waals surface area contributed by atoms with Gasteiger partial charge in [0.05, 0.1) is 7.11 Å². The number of amides is 2. The van der Waals surface area contributed by atoms with E-state index in [1.165, 1.54) is 29.6 Å². The Bertz CT molecular complexity index is 509. The van der Waals surface area contributed by atoms with Crippen LogP contribution in [0.5, 0.6) is 0 Å². The Labute approximate surface area is 130 Å². The fraction of sp³-hybridized carbons (Fsp3) is 0.500. The van der Waals surface area contributed by atoms with Gasteiger partial charge in [-0.05, 0) is 30.0 Å². The van der Waals surface area contributed by atoms with Crippen molar-refractivity contribution in [1.29, 1.82) is 0 Å². The van der Waals surface area contributed by atoms with Crippen molar-refractivity contribution in [3.05, 3.63) is 24.3 Å². The fourth-order valence-corrected chi connectivity index (χ4v) is 2.49. The first-order chi connectivity index (χ1) is 10.6. The molecule has 0 aliphatic heterocycles. The van der Waals surface area contributed by atoms with Crippen LogP contribution in [-0.2, 0) is 9.57 Å². The van der Waals surface area contributed by atoms with Crippen molar-refractivity contribution < 1.29 is 19.2 Å². The average Bonchev–Trinajstić information content (AvgIpc) is 3.18. The number of methoxy groups -OCH3 is 1. The van der Waals surface area contributed by atoms with E-state index in [0.717, 1.165) is 25.7 Å². The number of hydrogen-bond acceptors (Lipinski definition) is 4. The topological polar surface area (TPSA) is 67.9 Å². The van der Waals surface area contributed by atoms with Crippen LogP contribution in [0.15, 0.2) is 24.3 Å². The van der Waals surface area contributed by atoms with Crippen molar-refractivity contribution in [1.82, 2.24) is 10.4 Å². The number of hydrogen-bond donors (Lipinski definition) is 1.